The van der Waals surface area contributed by atoms with Crippen LogP contribution < -0.4 is 10.5 Å². The number of hydrogen-bond donors (Lipinski definition) is 2. The summed E-state index contributed by atoms with van der Waals surface area (Å²) in [6.07, 6.45) is 6.60. The SMILES string of the molecule is NCCC(O)c1cc(OCC2CCCCC2)ccc1Br. The highest BCUT2D eigenvalue weighted by Gasteiger charge is 2.15. The minimum atomic E-state index is -0.535. The molecule has 0 aliphatic heterocycles. The molecule has 0 aromatic heterocycles. The molecule has 112 valence electrons. The highest BCUT2D eigenvalue weighted by molar-refractivity contribution is 9.10. The summed E-state index contributed by atoms with van der Waals surface area (Å²) >= 11 is 3.47. The fourth-order valence-corrected chi connectivity index (χ4v) is 3.26. The van der Waals surface area contributed by atoms with Crippen molar-refractivity contribution in [1.29, 1.82) is 0 Å². The van der Waals surface area contributed by atoms with Gasteiger partial charge < -0.3 is 15.6 Å². The lowest BCUT2D eigenvalue weighted by Crippen LogP contribution is -2.15. The van der Waals surface area contributed by atoms with Crippen LogP contribution in [0, 0.1) is 5.92 Å². The van der Waals surface area contributed by atoms with Crippen LogP contribution in [0.5, 0.6) is 5.75 Å². The lowest BCUT2D eigenvalue weighted by molar-refractivity contribution is 0.168. The van der Waals surface area contributed by atoms with Crippen LogP contribution in [0.4, 0.5) is 0 Å². The van der Waals surface area contributed by atoms with E-state index in [1.165, 1.54) is 32.1 Å². The van der Waals surface area contributed by atoms with Crippen LogP contribution in [-0.2, 0) is 0 Å². The first-order valence-corrected chi connectivity index (χ1v) is 8.30. The van der Waals surface area contributed by atoms with E-state index in [1.807, 2.05) is 18.2 Å². The van der Waals surface area contributed by atoms with Gasteiger partial charge in [-0.2, -0.15) is 0 Å². The molecule has 0 spiro atoms. The van der Waals surface area contributed by atoms with E-state index < -0.39 is 6.10 Å². The van der Waals surface area contributed by atoms with Crippen molar-refractivity contribution in [1.82, 2.24) is 0 Å². The van der Waals surface area contributed by atoms with Crippen molar-refractivity contribution in [3.63, 3.8) is 0 Å². The molecule has 1 aliphatic carbocycles. The average Bonchev–Trinajstić information content (AvgIpc) is 2.47. The molecule has 1 saturated carbocycles. The summed E-state index contributed by atoms with van der Waals surface area (Å²) in [7, 11) is 0. The highest BCUT2D eigenvalue weighted by atomic mass is 79.9. The lowest BCUT2D eigenvalue weighted by Gasteiger charge is -2.22. The van der Waals surface area contributed by atoms with Crippen molar-refractivity contribution in [2.24, 2.45) is 11.7 Å². The van der Waals surface area contributed by atoms with Crippen molar-refractivity contribution in [3.05, 3.63) is 28.2 Å². The second kappa shape index (κ2) is 8.01. The first kappa shape index (κ1) is 15.8. The van der Waals surface area contributed by atoms with Crippen LogP contribution in [0.25, 0.3) is 0 Å². The van der Waals surface area contributed by atoms with Crippen LogP contribution in [-0.4, -0.2) is 18.3 Å². The third-order valence-electron chi connectivity index (χ3n) is 3.98. The Labute approximate surface area is 129 Å². The van der Waals surface area contributed by atoms with Gasteiger partial charge in [0.15, 0.2) is 0 Å². The minimum Gasteiger partial charge on any atom is -0.493 e. The van der Waals surface area contributed by atoms with Gasteiger partial charge in [-0.1, -0.05) is 35.2 Å². The van der Waals surface area contributed by atoms with E-state index in [0.717, 1.165) is 22.4 Å². The average molecular weight is 342 g/mol. The molecule has 0 saturated heterocycles. The standard InChI is InChI=1S/C16H24BrNO2/c17-15-7-6-13(10-14(15)16(19)8-9-18)20-11-12-4-2-1-3-5-12/h6-7,10,12,16,19H,1-5,8-9,11,18H2. The predicted molar refractivity (Wildman–Crippen MR) is 84.8 cm³/mol. The maximum absolute atomic E-state index is 10.1. The zero-order valence-electron chi connectivity index (χ0n) is 11.9. The van der Waals surface area contributed by atoms with Gasteiger partial charge in [0.1, 0.15) is 5.75 Å². The van der Waals surface area contributed by atoms with Crippen LogP contribution in [0.2, 0.25) is 0 Å². The molecule has 1 aromatic carbocycles. The first-order valence-electron chi connectivity index (χ1n) is 7.51. The van der Waals surface area contributed by atoms with Crippen molar-refractivity contribution in [3.8, 4) is 5.75 Å². The maximum atomic E-state index is 10.1. The van der Waals surface area contributed by atoms with Gasteiger partial charge in [-0.15, -0.1) is 0 Å². The number of aliphatic hydroxyl groups excluding tert-OH is 1. The summed E-state index contributed by atoms with van der Waals surface area (Å²) in [5.74, 6) is 1.52. The largest absolute Gasteiger partial charge is 0.493 e. The number of halogens is 1. The Bertz CT molecular complexity index is 419. The third kappa shape index (κ3) is 4.47. The molecular formula is C16H24BrNO2. The van der Waals surface area contributed by atoms with Crippen molar-refractivity contribution in [2.75, 3.05) is 13.2 Å². The van der Waals surface area contributed by atoms with Crippen LogP contribution in [0.3, 0.4) is 0 Å². The molecule has 2 rings (SSSR count). The molecule has 1 fully saturated rings. The second-order valence-corrected chi connectivity index (χ2v) is 6.45. The summed E-state index contributed by atoms with van der Waals surface area (Å²) in [5, 5.41) is 10.1. The smallest absolute Gasteiger partial charge is 0.119 e. The van der Waals surface area contributed by atoms with E-state index in [0.29, 0.717) is 18.9 Å². The van der Waals surface area contributed by atoms with Crippen LogP contribution >= 0.6 is 15.9 Å². The summed E-state index contributed by atoms with van der Waals surface area (Å²) in [6.45, 7) is 1.26. The molecule has 1 atom stereocenters. The Hall–Kier alpha value is -0.580. The van der Waals surface area contributed by atoms with E-state index in [9.17, 15) is 5.11 Å². The number of rotatable bonds is 6. The quantitative estimate of drug-likeness (QED) is 0.827. The number of nitrogens with two attached hydrogens (primary N) is 1. The molecule has 0 radical (unpaired) electrons. The third-order valence-corrected chi connectivity index (χ3v) is 4.70. The molecule has 1 unspecified atom stereocenters. The van der Waals surface area contributed by atoms with E-state index in [-0.39, 0.29) is 0 Å². The molecule has 1 aliphatic rings. The molecule has 4 heteroatoms. The van der Waals surface area contributed by atoms with Crippen molar-refractivity contribution in [2.45, 2.75) is 44.6 Å². The Morgan fingerprint density at radius 3 is 2.75 bits per heavy atom. The number of benzene rings is 1. The lowest BCUT2D eigenvalue weighted by atomic mass is 9.90. The summed E-state index contributed by atoms with van der Waals surface area (Å²) in [5.41, 5.74) is 6.36. The Kier molecular flexibility index (Phi) is 6.33. The van der Waals surface area contributed by atoms with Gasteiger partial charge in [0, 0.05) is 4.47 Å². The highest BCUT2D eigenvalue weighted by Crippen LogP contribution is 2.30. The van der Waals surface area contributed by atoms with E-state index in [1.54, 1.807) is 0 Å². The van der Waals surface area contributed by atoms with E-state index in [4.69, 9.17) is 10.5 Å². The number of ether oxygens (including phenoxy) is 1. The van der Waals surface area contributed by atoms with Crippen molar-refractivity contribution < 1.29 is 9.84 Å². The Balaban J connectivity index is 1.95. The Morgan fingerprint density at radius 1 is 1.30 bits per heavy atom. The van der Waals surface area contributed by atoms with Gasteiger partial charge in [0.2, 0.25) is 0 Å². The monoisotopic (exact) mass is 341 g/mol. The summed E-state index contributed by atoms with van der Waals surface area (Å²) in [4.78, 5) is 0. The van der Waals surface area contributed by atoms with Gasteiger partial charge in [-0.3, -0.25) is 0 Å². The normalized spacial score (nSPS) is 17.9. The molecule has 20 heavy (non-hydrogen) atoms. The van der Waals surface area contributed by atoms with Crippen molar-refractivity contribution >= 4 is 15.9 Å². The number of hydrogen-bond acceptors (Lipinski definition) is 3. The zero-order chi connectivity index (χ0) is 14.4. The number of aliphatic hydroxyl groups is 1. The fourth-order valence-electron chi connectivity index (χ4n) is 2.75. The Morgan fingerprint density at radius 2 is 2.05 bits per heavy atom. The second-order valence-electron chi connectivity index (χ2n) is 5.59. The van der Waals surface area contributed by atoms with E-state index in [2.05, 4.69) is 15.9 Å². The molecule has 0 heterocycles. The topological polar surface area (TPSA) is 55.5 Å². The van der Waals surface area contributed by atoms with Gasteiger partial charge in [0.05, 0.1) is 12.7 Å². The summed E-state index contributed by atoms with van der Waals surface area (Å²) < 4.78 is 6.81. The van der Waals surface area contributed by atoms with Gasteiger partial charge in [-0.25, -0.2) is 0 Å². The van der Waals surface area contributed by atoms with Gasteiger partial charge in [-0.05, 0) is 55.5 Å². The molecule has 3 N–H and O–H groups in total. The van der Waals surface area contributed by atoms with Gasteiger partial charge in [0.25, 0.3) is 0 Å². The zero-order valence-corrected chi connectivity index (χ0v) is 13.4. The van der Waals surface area contributed by atoms with E-state index >= 15 is 0 Å². The maximum Gasteiger partial charge on any atom is 0.119 e. The molecular weight excluding hydrogens is 318 g/mol. The van der Waals surface area contributed by atoms with Gasteiger partial charge >= 0.3 is 0 Å². The molecule has 3 nitrogen and oxygen atoms in total. The molecule has 0 amide bonds. The molecule has 1 aromatic rings. The summed E-state index contributed by atoms with van der Waals surface area (Å²) in [6, 6.07) is 5.81. The van der Waals surface area contributed by atoms with Crippen LogP contribution in [0.15, 0.2) is 22.7 Å². The molecule has 0 bridgehead atoms. The fraction of sp³-hybridized carbons (Fsp3) is 0.625. The first-order chi connectivity index (χ1) is 9.70. The predicted octanol–water partition coefficient (Wildman–Crippen LogP) is 3.79. The minimum absolute atomic E-state index is 0.473. The van der Waals surface area contributed by atoms with Crippen LogP contribution in [0.1, 0.15) is 50.2 Å².